The van der Waals surface area contributed by atoms with Crippen LogP contribution in [0.15, 0.2) is 42.5 Å². The maximum Gasteiger partial charge on any atom is 0.120 e. The first-order valence-corrected chi connectivity index (χ1v) is 9.80. The van der Waals surface area contributed by atoms with E-state index >= 15 is 0 Å². The Bertz CT molecular complexity index is 939. The molecule has 1 N–H and O–H groups in total. The summed E-state index contributed by atoms with van der Waals surface area (Å²) < 4.78 is 10.9. The number of nitriles is 1. The molecule has 3 aromatic rings. The highest BCUT2D eigenvalue weighted by atomic mass is 32.2. The summed E-state index contributed by atoms with van der Waals surface area (Å²) in [6.45, 7) is 5.12. The Labute approximate surface area is 158 Å². The first kappa shape index (κ1) is 18.2. The Morgan fingerprint density at radius 3 is 2.54 bits per heavy atom. The molecule has 5 heteroatoms. The third kappa shape index (κ3) is 3.38. The average molecular weight is 366 g/mol. The number of aryl methyl sites for hydroxylation is 1. The molecule has 0 aliphatic heterocycles. The molecule has 26 heavy (non-hydrogen) atoms. The number of fused-ring (bicyclic) bond motifs is 1. The van der Waals surface area contributed by atoms with Crippen molar-refractivity contribution in [1.29, 1.82) is 5.26 Å². The van der Waals surface area contributed by atoms with Gasteiger partial charge < -0.3 is 14.0 Å². The van der Waals surface area contributed by atoms with Gasteiger partial charge in [0.05, 0.1) is 23.9 Å². The van der Waals surface area contributed by atoms with E-state index in [-0.39, 0.29) is 0 Å². The third-order valence-corrected chi connectivity index (χ3v) is 4.99. The third-order valence-electron chi connectivity index (χ3n) is 4.32. The minimum atomic E-state index is 0.722. The molecule has 134 valence electrons. The summed E-state index contributed by atoms with van der Waals surface area (Å²) in [4.78, 5) is 0. The van der Waals surface area contributed by atoms with E-state index in [4.69, 9.17) is 4.74 Å². The summed E-state index contributed by atoms with van der Waals surface area (Å²) in [7, 11) is 1.67. The minimum absolute atomic E-state index is 0.722. The summed E-state index contributed by atoms with van der Waals surface area (Å²) in [5.74, 6) is 1.81. The molecule has 0 amide bonds. The maximum absolute atomic E-state index is 9.85. The van der Waals surface area contributed by atoms with E-state index < -0.39 is 0 Å². The van der Waals surface area contributed by atoms with Crippen LogP contribution in [0.4, 0.5) is 5.69 Å². The Morgan fingerprint density at radius 2 is 1.92 bits per heavy atom. The summed E-state index contributed by atoms with van der Waals surface area (Å²) in [6.07, 6.45) is 0.992. The van der Waals surface area contributed by atoms with Crippen LogP contribution in [0.1, 0.15) is 25.8 Å². The van der Waals surface area contributed by atoms with Crippen molar-refractivity contribution in [1.82, 2.24) is 4.57 Å². The van der Waals surface area contributed by atoms with Gasteiger partial charge in [-0.25, -0.2) is 0 Å². The van der Waals surface area contributed by atoms with Crippen LogP contribution in [-0.4, -0.2) is 17.4 Å². The molecule has 0 atom stereocenters. The lowest BCUT2D eigenvalue weighted by atomic mass is 10.1. The first-order valence-electron chi connectivity index (χ1n) is 8.82. The van der Waals surface area contributed by atoms with E-state index in [1.54, 1.807) is 19.1 Å². The predicted octanol–water partition coefficient (Wildman–Crippen LogP) is 5.68. The van der Waals surface area contributed by atoms with Gasteiger partial charge in [-0.2, -0.15) is 5.26 Å². The van der Waals surface area contributed by atoms with Crippen molar-refractivity contribution in [3.8, 4) is 23.1 Å². The van der Waals surface area contributed by atoms with E-state index in [0.717, 1.165) is 57.9 Å². The molecular weight excluding hydrogens is 342 g/mol. The van der Waals surface area contributed by atoms with Crippen LogP contribution in [0.25, 0.3) is 22.2 Å². The number of aromatic nitrogens is 1. The fourth-order valence-corrected chi connectivity index (χ4v) is 3.62. The number of anilines is 1. The highest BCUT2D eigenvalue weighted by molar-refractivity contribution is 8.00. The van der Waals surface area contributed by atoms with Gasteiger partial charge in [0.15, 0.2) is 0 Å². The normalized spacial score (nSPS) is 10.7. The molecule has 0 unspecified atom stereocenters. The molecule has 0 radical (unpaired) electrons. The molecule has 0 saturated heterocycles. The zero-order chi connectivity index (χ0) is 18.5. The molecule has 0 saturated carbocycles. The molecule has 0 aliphatic carbocycles. The smallest absolute Gasteiger partial charge is 0.120 e. The van der Waals surface area contributed by atoms with Gasteiger partial charge in [0.25, 0.3) is 0 Å². The number of methoxy groups -OCH3 is 1. The quantitative estimate of drug-likeness (QED) is 0.547. The van der Waals surface area contributed by atoms with Crippen LogP contribution in [0, 0.1) is 11.3 Å². The number of hydrogen-bond acceptors (Lipinski definition) is 4. The lowest BCUT2D eigenvalue weighted by Crippen LogP contribution is -2.00. The van der Waals surface area contributed by atoms with Crippen LogP contribution in [0.2, 0.25) is 0 Å². The van der Waals surface area contributed by atoms with Crippen LogP contribution in [0.5, 0.6) is 5.75 Å². The predicted molar refractivity (Wildman–Crippen MR) is 111 cm³/mol. The average Bonchev–Trinajstić information content (AvgIpc) is 2.99. The fourth-order valence-electron chi connectivity index (χ4n) is 3.18. The van der Waals surface area contributed by atoms with Gasteiger partial charge in [-0.1, -0.05) is 37.9 Å². The van der Waals surface area contributed by atoms with Gasteiger partial charge in [0.2, 0.25) is 0 Å². The van der Waals surface area contributed by atoms with Gasteiger partial charge in [-0.05, 0) is 36.2 Å². The van der Waals surface area contributed by atoms with Crippen molar-refractivity contribution < 1.29 is 4.74 Å². The van der Waals surface area contributed by atoms with E-state index in [0.29, 0.717) is 0 Å². The fraction of sp³-hybridized carbons (Fsp3) is 0.286. The number of ether oxygens (including phenoxy) is 1. The number of benzene rings is 2. The minimum Gasteiger partial charge on any atom is -0.497 e. The summed E-state index contributed by atoms with van der Waals surface area (Å²) in [5.41, 5.74) is 4.87. The van der Waals surface area contributed by atoms with Crippen LogP contribution in [-0.2, 0) is 6.54 Å². The van der Waals surface area contributed by atoms with Gasteiger partial charge in [-0.15, -0.1) is 0 Å². The second-order valence-corrected chi connectivity index (χ2v) is 7.05. The molecule has 3 rings (SSSR count). The lowest BCUT2D eigenvalue weighted by molar-refractivity contribution is 0.415. The number of rotatable bonds is 7. The number of nitrogens with zero attached hydrogens (tertiary/aromatic N) is 2. The molecule has 1 heterocycles. The Morgan fingerprint density at radius 1 is 1.15 bits per heavy atom. The van der Waals surface area contributed by atoms with E-state index in [2.05, 4.69) is 53.5 Å². The summed E-state index contributed by atoms with van der Waals surface area (Å²) >= 11 is 1.67. The van der Waals surface area contributed by atoms with Crippen LogP contribution in [0.3, 0.4) is 0 Å². The van der Waals surface area contributed by atoms with Crippen molar-refractivity contribution in [3.63, 3.8) is 0 Å². The Hall–Kier alpha value is -2.58. The topological polar surface area (TPSA) is 50.0 Å². The van der Waals surface area contributed by atoms with Gasteiger partial charge in [0.1, 0.15) is 11.8 Å². The van der Waals surface area contributed by atoms with Gasteiger partial charge in [-0.3, -0.25) is 0 Å². The number of nitrogens with one attached hydrogen (secondary N) is 1. The zero-order valence-corrected chi connectivity index (χ0v) is 16.2. The Balaban J connectivity index is 2.17. The molecular formula is C21H23N3OS. The van der Waals surface area contributed by atoms with Crippen LogP contribution < -0.4 is 9.46 Å². The Kier molecular flexibility index (Phi) is 5.75. The molecule has 1 aromatic heterocycles. The monoisotopic (exact) mass is 365 g/mol. The van der Waals surface area contributed by atoms with Gasteiger partial charge in [0, 0.05) is 29.4 Å². The van der Waals surface area contributed by atoms with Crippen LogP contribution >= 0.6 is 11.9 Å². The van der Waals surface area contributed by atoms with Crippen molar-refractivity contribution >= 4 is 28.5 Å². The van der Waals surface area contributed by atoms with Gasteiger partial charge >= 0.3 is 0 Å². The molecule has 0 spiro atoms. The van der Waals surface area contributed by atoms with Crippen molar-refractivity contribution in [2.75, 3.05) is 17.6 Å². The first-order chi connectivity index (χ1) is 12.7. The highest BCUT2D eigenvalue weighted by Crippen LogP contribution is 2.36. The summed E-state index contributed by atoms with van der Waals surface area (Å²) in [5, 5.41) is 10.8. The molecule has 2 aromatic carbocycles. The van der Waals surface area contributed by atoms with E-state index in [9.17, 15) is 5.26 Å². The second-order valence-electron chi connectivity index (χ2n) is 5.98. The molecule has 0 fully saturated rings. The molecule has 4 nitrogen and oxygen atoms in total. The highest BCUT2D eigenvalue weighted by Gasteiger charge is 2.18. The van der Waals surface area contributed by atoms with E-state index in [1.807, 2.05) is 18.2 Å². The lowest BCUT2D eigenvalue weighted by Gasteiger charge is -2.11. The van der Waals surface area contributed by atoms with Crippen molar-refractivity contribution in [2.24, 2.45) is 0 Å². The van der Waals surface area contributed by atoms with Crippen molar-refractivity contribution in [2.45, 2.75) is 26.8 Å². The van der Waals surface area contributed by atoms with E-state index in [1.165, 1.54) is 0 Å². The van der Waals surface area contributed by atoms with Crippen molar-refractivity contribution in [3.05, 3.63) is 48.0 Å². The molecule has 0 bridgehead atoms. The standard InChI is InChI=1S/C21H23N3OS/c1-4-12-24-20-13-17(25-3)10-11-18(20)19(14-22)21(24)15-6-8-16(9-7-15)23-26-5-2/h6-11,13,23H,4-5,12H2,1-3H3. The number of hydrogen-bond donors (Lipinski definition) is 1. The maximum atomic E-state index is 9.85. The largest absolute Gasteiger partial charge is 0.497 e. The molecule has 0 aliphatic rings. The zero-order valence-electron chi connectivity index (χ0n) is 15.4. The summed E-state index contributed by atoms with van der Waals surface area (Å²) in [6, 6.07) is 16.6. The SMILES string of the molecule is CCCn1c(-c2ccc(NSCC)cc2)c(C#N)c2ccc(OC)cc21. The second kappa shape index (κ2) is 8.20.